The Morgan fingerprint density at radius 2 is 2.15 bits per heavy atom. The van der Waals surface area contributed by atoms with Gasteiger partial charge < -0.3 is 5.32 Å². The summed E-state index contributed by atoms with van der Waals surface area (Å²) in [6.07, 6.45) is 5.14. The third-order valence-corrected chi connectivity index (χ3v) is 3.09. The highest BCUT2D eigenvalue weighted by Crippen LogP contribution is 2.15. The molecular weight excluding hydrogens is 252 g/mol. The van der Waals surface area contributed by atoms with Gasteiger partial charge in [-0.1, -0.05) is 0 Å². The SMILES string of the molecule is Cc1ccn2c(C(=O)Nc3cccnc3)c(C)nc2c1. The molecule has 0 aliphatic rings. The molecule has 0 aliphatic carbocycles. The number of amides is 1. The molecule has 0 aromatic carbocycles. The van der Waals surface area contributed by atoms with Crippen LogP contribution < -0.4 is 5.32 Å². The Morgan fingerprint density at radius 1 is 1.30 bits per heavy atom. The minimum atomic E-state index is -0.188. The van der Waals surface area contributed by atoms with Crippen LogP contribution in [0.3, 0.4) is 0 Å². The number of carbonyl (C=O) groups is 1. The van der Waals surface area contributed by atoms with E-state index in [1.165, 1.54) is 0 Å². The predicted molar refractivity (Wildman–Crippen MR) is 76.9 cm³/mol. The van der Waals surface area contributed by atoms with Crippen LogP contribution in [0.1, 0.15) is 21.7 Å². The van der Waals surface area contributed by atoms with Gasteiger partial charge in [-0.3, -0.25) is 14.2 Å². The molecule has 5 heteroatoms. The van der Waals surface area contributed by atoms with E-state index in [1.807, 2.05) is 32.2 Å². The van der Waals surface area contributed by atoms with Gasteiger partial charge in [0.2, 0.25) is 0 Å². The maximum Gasteiger partial charge on any atom is 0.274 e. The number of aryl methyl sites for hydroxylation is 2. The predicted octanol–water partition coefficient (Wildman–Crippen LogP) is 2.60. The summed E-state index contributed by atoms with van der Waals surface area (Å²) in [6, 6.07) is 7.48. The Morgan fingerprint density at radius 3 is 2.90 bits per heavy atom. The Labute approximate surface area is 116 Å². The lowest BCUT2D eigenvalue weighted by atomic mass is 10.3. The molecule has 3 heterocycles. The molecule has 0 radical (unpaired) electrons. The van der Waals surface area contributed by atoms with E-state index in [0.717, 1.165) is 11.2 Å². The molecular formula is C15H14N4O. The van der Waals surface area contributed by atoms with E-state index >= 15 is 0 Å². The van der Waals surface area contributed by atoms with Crippen LogP contribution in [0.2, 0.25) is 0 Å². The fourth-order valence-corrected chi connectivity index (χ4v) is 2.16. The topological polar surface area (TPSA) is 59.3 Å². The lowest BCUT2D eigenvalue weighted by Gasteiger charge is -2.05. The highest BCUT2D eigenvalue weighted by molar-refractivity contribution is 6.04. The third kappa shape index (κ3) is 2.14. The first kappa shape index (κ1) is 12.3. The van der Waals surface area contributed by atoms with Gasteiger partial charge in [0.15, 0.2) is 0 Å². The number of nitrogens with one attached hydrogen (secondary N) is 1. The molecule has 5 nitrogen and oxygen atoms in total. The van der Waals surface area contributed by atoms with Crippen LogP contribution in [0.15, 0.2) is 42.9 Å². The van der Waals surface area contributed by atoms with Gasteiger partial charge in [0.05, 0.1) is 17.6 Å². The Bertz CT molecular complexity index is 777. The molecule has 1 amide bonds. The number of pyridine rings is 2. The number of carbonyl (C=O) groups excluding carboxylic acids is 1. The van der Waals surface area contributed by atoms with Gasteiger partial charge in [-0.2, -0.15) is 0 Å². The van der Waals surface area contributed by atoms with E-state index in [-0.39, 0.29) is 5.91 Å². The largest absolute Gasteiger partial charge is 0.319 e. The lowest BCUT2D eigenvalue weighted by Crippen LogP contribution is -2.15. The van der Waals surface area contributed by atoms with E-state index in [1.54, 1.807) is 28.9 Å². The number of nitrogens with zero attached hydrogens (tertiary/aromatic N) is 3. The normalized spacial score (nSPS) is 10.7. The van der Waals surface area contributed by atoms with Crippen molar-refractivity contribution in [1.29, 1.82) is 0 Å². The molecule has 0 saturated carbocycles. The third-order valence-electron chi connectivity index (χ3n) is 3.09. The van der Waals surface area contributed by atoms with Crippen molar-refractivity contribution in [3.8, 4) is 0 Å². The number of aromatic nitrogens is 3. The fourth-order valence-electron chi connectivity index (χ4n) is 2.16. The van der Waals surface area contributed by atoms with Crippen molar-refractivity contribution in [3.05, 3.63) is 59.8 Å². The van der Waals surface area contributed by atoms with Gasteiger partial charge >= 0.3 is 0 Å². The maximum atomic E-state index is 12.4. The van der Waals surface area contributed by atoms with Crippen molar-refractivity contribution in [2.24, 2.45) is 0 Å². The minimum absolute atomic E-state index is 0.188. The zero-order chi connectivity index (χ0) is 14.1. The quantitative estimate of drug-likeness (QED) is 0.775. The summed E-state index contributed by atoms with van der Waals surface area (Å²) in [5.41, 5.74) is 3.81. The lowest BCUT2D eigenvalue weighted by molar-refractivity contribution is 0.102. The number of rotatable bonds is 2. The van der Waals surface area contributed by atoms with Gasteiger partial charge in [0.25, 0.3) is 5.91 Å². The highest BCUT2D eigenvalue weighted by atomic mass is 16.2. The van der Waals surface area contributed by atoms with E-state index in [0.29, 0.717) is 17.1 Å². The van der Waals surface area contributed by atoms with Crippen LogP contribution in [0.5, 0.6) is 0 Å². The molecule has 0 unspecified atom stereocenters. The van der Waals surface area contributed by atoms with Crippen molar-refractivity contribution < 1.29 is 4.79 Å². The molecule has 3 aromatic rings. The van der Waals surface area contributed by atoms with E-state index in [4.69, 9.17) is 0 Å². The first-order valence-corrected chi connectivity index (χ1v) is 6.32. The number of imidazole rings is 1. The van der Waals surface area contributed by atoms with Crippen molar-refractivity contribution in [2.75, 3.05) is 5.32 Å². The molecule has 3 rings (SSSR count). The molecule has 0 atom stereocenters. The average Bonchev–Trinajstić information content (AvgIpc) is 2.74. The molecule has 20 heavy (non-hydrogen) atoms. The van der Waals surface area contributed by atoms with Crippen molar-refractivity contribution in [2.45, 2.75) is 13.8 Å². The average molecular weight is 266 g/mol. The molecule has 1 N–H and O–H groups in total. The van der Waals surface area contributed by atoms with Crippen molar-refractivity contribution in [3.63, 3.8) is 0 Å². The van der Waals surface area contributed by atoms with Gasteiger partial charge in [0.1, 0.15) is 11.3 Å². The molecule has 3 aromatic heterocycles. The van der Waals surface area contributed by atoms with Crippen molar-refractivity contribution in [1.82, 2.24) is 14.4 Å². The molecule has 100 valence electrons. The fraction of sp³-hybridized carbons (Fsp3) is 0.133. The molecule has 0 saturated heterocycles. The Balaban J connectivity index is 2.01. The van der Waals surface area contributed by atoms with Gasteiger partial charge in [-0.15, -0.1) is 0 Å². The summed E-state index contributed by atoms with van der Waals surface area (Å²) < 4.78 is 1.80. The molecule has 0 aliphatic heterocycles. The number of anilines is 1. The zero-order valence-corrected chi connectivity index (χ0v) is 11.3. The second-order valence-electron chi connectivity index (χ2n) is 4.67. The second kappa shape index (κ2) is 4.77. The monoisotopic (exact) mass is 266 g/mol. The molecule has 0 fully saturated rings. The van der Waals surface area contributed by atoms with E-state index in [9.17, 15) is 4.79 Å². The van der Waals surface area contributed by atoms with Crippen LogP contribution in [0, 0.1) is 13.8 Å². The summed E-state index contributed by atoms with van der Waals surface area (Å²) in [6.45, 7) is 3.83. The number of hydrogen-bond donors (Lipinski definition) is 1. The summed E-state index contributed by atoms with van der Waals surface area (Å²) in [5, 5.41) is 2.83. The summed E-state index contributed by atoms with van der Waals surface area (Å²) in [4.78, 5) is 20.8. The van der Waals surface area contributed by atoms with Crippen LogP contribution in [0.4, 0.5) is 5.69 Å². The zero-order valence-electron chi connectivity index (χ0n) is 11.3. The van der Waals surface area contributed by atoms with Gasteiger partial charge in [-0.25, -0.2) is 4.98 Å². The first-order chi connectivity index (χ1) is 9.65. The van der Waals surface area contributed by atoms with Crippen molar-refractivity contribution >= 4 is 17.2 Å². The standard InChI is InChI=1S/C15H14N4O/c1-10-5-7-19-13(8-10)17-11(2)14(19)15(20)18-12-4-3-6-16-9-12/h3-9H,1-2H3,(H,18,20). The summed E-state index contributed by atoms with van der Waals surface area (Å²) in [7, 11) is 0. The Hall–Kier alpha value is -2.69. The number of fused-ring (bicyclic) bond motifs is 1. The van der Waals surface area contributed by atoms with Crippen LogP contribution >= 0.6 is 0 Å². The maximum absolute atomic E-state index is 12.4. The summed E-state index contributed by atoms with van der Waals surface area (Å²) >= 11 is 0. The van der Waals surface area contributed by atoms with Gasteiger partial charge in [-0.05, 0) is 43.7 Å². The molecule has 0 bridgehead atoms. The molecule has 0 spiro atoms. The minimum Gasteiger partial charge on any atom is -0.319 e. The highest BCUT2D eigenvalue weighted by Gasteiger charge is 2.16. The number of hydrogen-bond acceptors (Lipinski definition) is 3. The van der Waals surface area contributed by atoms with Crippen LogP contribution in [-0.4, -0.2) is 20.3 Å². The summed E-state index contributed by atoms with van der Waals surface area (Å²) in [5.74, 6) is -0.188. The van der Waals surface area contributed by atoms with Gasteiger partial charge in [0, 0.05) is 12.4 Å². The van der Waals surface area contributed by atoms with E-state index < -0.39 is 0 Å². The van der Waals surface area contributed by atoms with E-state index in [2.05, 4.69) is 15.3 Å². The second-order valence-corrected chi connectivity index (χ2v) is 4.67. The smallest absolute Gasteiger partial charge is 0.274 e. The van der Waals surface area contributed by atoms with Crippen LogP contribution in [-0.2, 0) is 0 Å². The first-order valence-electron chi connectivity index (χ1n) is 6.32. The Kier molecular flexibility index (Phi) is 2.95. The van der Waals surface area contributed by atoms with Crippen LogP contribution in [0.25, 0.3) is 5.65 Å².